The lowest BCUT2D eigenvalue weighted by Crippen LogP contribution is -1.97. The van der Waals surface area contributed by atoms with Gasteiger partial charge in [-0.05, 0) is 42.0 Å². The minimum Gasteiger partial charge on any atom is -0.494 e. The summed E-state index contributed by atoms with van der Waals surface area (Å²) in [6.45, 7) is 3.96. The van der Waals surface area contributed by atoms with E-state index in [2.05, 4.69) is 6.58 Å². The number of allylic oxidation sites excluding steroid dienone is 1. The summed E-state index contributed by atoms with van der Waals surface area (Å²) < 4.78 is 29.3. The maximum atomic E-state index is 13.7. The first-order chi connectivity index (χ1) is 12.1. The largest absolute Gasteiger partial charge is 0.494 e. The molecule has 0 saturated carbocycles. The molecule has 0 heterocycles. The normalized spacial score (nSPS) is 10.5. The van der Waals surface area contributed by atoms with E-state index in [9.17, 15) is 9.18 Å². The van der Waals surface area contributed by atoms with Crippen molar-refractivity contribution in [1.82, 2.24) is 0 Å². The predicted octanol–water partition coefficient (Wildman–Crippen LogP) is 4.30. The van der Waals surface area contributed by atoms with E-state index < -0.39 is 5.82 Å². The number of ketones is 1. The van der Waals surface area contributed by atoms with Crippen LogP contribution in [0.1, 0.15) is 15.9 Å². The molecule has 0 aliphatic heterocycles. The summed E-state index contributed by atoms with van der Waals surface area (Å²) in [5.41, 5.74) is 0.998. The number of carbonyl (C=O) groups excluding carboxylic acids is 1. The summed E-state index contributed by atoms with van der Waals surface area (Å²) in [5.74, 6) is 0.343. The Kier molecular flexibility index (Phi) is 6.34. The Balaban J connectivity index is 2.16. The minimum absolute atomic E-state index is 0.0976. The molecule has 0 aliphatic rings. The smallest absolute Gasteiger partial charge is 0.185 e. The van der Waals surface area contributed by atoms with Crippen LogP contribution in [0.5, 0.6) is 17.2 Å². The Bertz CT molecular complexity index is 796. The molecule has 0 N–H and O–H groups in total. The quantitative estimate of drug-likeness (QED) is 0.407. The second kappa shape index (κ2) is 8.68. The fourth-order valence-electron chi connectivity index (χ4n) is 2.14. The number of halogens is 1. The molecule has 0 radical (unpaired) electrons. The van der Waals surface area contributed by atoms with Crippen LogP contribution in [0.15, 0.2) is 55.1 Å². The van der Waals surface area contributed by atoms with E-state index in [4.69, 9.17) is 14.2 Å². The molecule has 0 aromatic heterocycles. The number of carbonyl (C=O) groups is 1. The zero-order chi connectivity index (χ0) is 18.2. The Hall–Kier alpha value is -3.08. The first kappa shape index (κ1) is 18.3. The van der Waals surface area contributed by atoms with E-state index in [-0.39, 0.29) is 17.1 Å². The van der Waals surface area contributed by atoms with Gasteiger partial charge in [0.25, 0.3) is 0 Å². The van der Waals surface area contributed by atoms with E-state index in [0.29, 0.717) is 18.1 Å². The monoisotopic (exact) mass is 342 g/mol. The van der Waals surface area contributed by atoms with Crippen LogP contribution in [0.2, 0.25) is 0 Å². The van der Waals surface area contributed by atoms with Crippen LogP contribution in [0, 0.1) is 5.82 Å². The molecule has 130 valence electrons. The zero-order valence-electron chi connectivity index (χ0n) is 14.1. The lowest BCUT2D eigenvalue weighted by Gasteiger charge is -2.09. The van der Waals surface area contributed by atoms with E-state index in [1.807, 2.05) is 0 Å². The van der Waals surface area contributed by atoms with Gasteiger partial charge in [-0.3, -0.25) is 4.79 Å². The van der Waals surface area contributed by atoms with E-state index in [1.54, 1.807) is 30.4 Å². The van der Waals surface area contributed by atoms with Crippen molar-refractivity contribution >= 4 is 11.9 Å². The Morgan fingerprint density at radius 1 is 1.08 bits per heavy atom. The third-order valence-corrected chi connectivity index (χ3v) is 3.41. The van der Waals surface area contributed by atoms with Crippen molar-refractivity contribution in [2.24, 2.45) is 0 Å². The molecule has 0 unspecified atom stereocenters. The molecule has 0 fully saturated rings. The van der Waals surface area contributed by atoms with Crippen LogP contribution in [-0.4, -0.2) is 26.6 Å². The third kappa shape index (κ3) is 4.70. The second-order valence-corrected chi connectivity index (χ2v) is 5.06. The van der Waals surface area contributed by atoms with Gasteiger partial charge in [-0.1, -0.05) is 24.8 Å². The van der Waals surface area contributed by atoms with Crippen molar-refractivity contribution in [1.29, 1.82) is 0 Å². The van der Waals surface area contributed by atoms with Crippen LogP contribution < -0.4 is 14.2 Å². The highest BCUT2D eigenvalue weighted by Crippen LogP contribution is 2.28. The first-order valence-corrected chi connectivity index (χ1v) is 7.56. The maximum Gasteiger partial charge on any atom is 0.185 e. The van der Waals surface area contributed by atoms with Crippen molar-refractivity contribution < 1.29 is 23.4 Å². The van der Waals surface area contributed by atoms with Gasteiger partial charge < -0.3 is 14.2 Å². The summed E-state index contributed by atoms with van der Waals surface area (Å²) in [5, 5.41) is 0. The Morgan fingerprint density at radius 2 is 1.80 bits per heavy atom. The third-order valence-electron chi connectivity index (χ3n) is 3.41. The lowest BCUT2D eigenvalue weighted by atomic mass is 10.1. The first-order valence-electron chi connectivity index (χ1n) is 7.56. The topological polar surface area (TPSA) is 44.8 Å². The highest BCUT2D eigenvalue weighted by molar-refractivity contribution is 6.06. The van der Waals surface area contributed by atoms with Gasteiger partial charge in [0.15, 0.2) is 28.8 Å². The molecular weight excluding hydrogens is 323 g/mol. The summed E-state index contributed by atoms with van der Waals surface area (Å²) in [7, 11) is 2.91. The molecule has 2 rings (SSSR count). The summed E-state index contributed by atoms with van der Waals surface area (Å²) in [4.78, 5) is 12.2. The molecule has 0 aliphatic carbocycles. The van der Waals surface area contributed by atoms with Crippen molar-refractivity contribution in [2.75, 3.05) is 20.8 Å². The summed E-state index contributed by atoms with van der Waals surface area (Å²) in [6, 6.07) is 9.38. The van der Waals surface area contributed by atoms with Gasteiger partial charge in [0, 0.05) is 5.56 Å². The Labute approximate surface area is 146 Å². The molecule has 2 aromatic carbocycles. The molecule has 0 atom stereocenters. The second-order valence-electron chi connectivity index (χ2n) is 5.06. The summed E-state index contributed by atoms with van der Waals surface area (Å²) in [6.07, 6.45) is 4.64. The molecule has 4 nitrogen and oxygen atoms in total. The van der Waals surface area contributed by atoms with Gasteiger partial charge in [-0.15, -0.1) is 0 Å². The van der Waals surface area contributed by atoms with Gasteiger partial charge in [-0.25, -0.2) is 4.39 Å². The molecule has 0 spiro atoms. The average molecular weight is 342 g/mol. The van der Waals surface area contributed by atoms with Crippen LogP contribution in [0.4, 0.5) is 4.39 Å². The SMILES string of the molecule is C=CCOc1ccc(/C=C/C(=O)c2ccc(OC)c(F)c2)cc1OC. The number of ether oxygens (including phenoxy) is 3. The standard InChI is InChI=1S/C20H19FO4/c1-4-11-25-19-9-6-14(12-20(19)24-3)5-8-17(22)15-7-10-18(23-2)16(21)13-15/h4-10,12-13H,1,11H2,2-3H3/b8-5+. The minimum atomic E-state index is -0.577. The van der Waals surface area contributed by atoms with Crippen molar-refractivity contribution in [3.05, 3.63) is 72.1 Å². The van der Waals surface area contributed by atoms with Gasteiger partial charge >= 0.3 is 0 Å². The molecule has 5 heteroatoms. The predicted molar refractivity (Wildman–Crippen MR) is 95.0 cm³/mol. The zero-order valence-corrected chi connectivity index (χ0v) is 14.1. The van der Waals surface area contributed by atoms with Crippen LogP contribution >= 0.6 is 0 Å². The van der Waals surface area contributed by atoms with E-state index in [1.165, 1.54) is 32.4 Å². The lowest BCUT2D eigenvalue weighted by molar-refractivity contribution is 0.104. The van der Waals surface area contributed by atoms with E-state index in [0.717, 1.165) is 11.6 Å². The number of hydrogen-bond acceptors (Lipinski definition) is 4. The van der Waals surface area contributed by atoms with Crippen molar-refractivity contribution in [3.8, 4) is 17.2 Å². The maximum absolute atomic E-state index is 13.7. The number of methoxy groups -OCH3 is 2. The summed E-state index contributed by atoms with van der Waals surface area (Å²) >= 11 is 0. The van der Waals surface area contributed by atoms with E-state index >= 15 is 0 Å². The number of hydrogen-bond donors (Lipinski definition) is 0. The molecule has 0 bridgehead atoms. The van der Waals surface area contributed by atoms with Gasteiger partial charge in [0.1, 0.15) is 6.61 Å². The van der Waals surface area contributed by atoms with Gasteiger partial charge in [0.2, 0.25) is 0 Å². The highest BCUT2D eigenvalue weighted by atomic mass is 19.1. The van der Waals surface area contributed by atoms with Gasteiger partial charge in [0.05, 0.1) is 14.2 Å². The molecule has 0 amide bonds. The van der Waals surface area contributed by atoms with Crippen molar-refractivity contribution in [2.45, 2.75) is 0 Å². The highest BCUT2D eigenvalue weighted by Gasteiger charge is 2.08. The average Bonchev–Trinajstić information content (AvgIpc) is 2.64. The van der Waals surface area contributed by atoms with Gasteiger partial charge in [-0.2, -0.15) is 0 Å². The Morgan fingerprint density at radius 3 is 2.44 bits per heavy atom. The fourth-order valence-corrected chi connectivity index (χ4v) is 2.14. The van der Waals surface area contributed by atoms with Crippen LogP contribution in [-0.2, 0) is 0 Å². The molecular formula is C20H19FO4. The molecule has 2 aromatic rings. The number of rotatable bonds is 8. The van der Waals surface area contributed by atoms with Crippen LogP contribution in [0.3, 0.4) is 0 Å². The number of benzene rings is 2. The molecule has 25 heavy (non-hydrogen) atoms. The van der Waals surface area contributed by atoms with Crippen LogP contribution in [0.25, 0.3) is 6.08 Å². The fraction of sp³-hybridized carbons (Fsp3) is 0.150. The molecule has 0 saturated heterocycles. The van der Waals surface area contributed by atoms with Crippen molar-refractivity contribution in [3.63, 3.8) is 0 Å².